The van der Waals surface area contributed by atoms with E-state index in [9.17, 15) is 18.3 Å². The quantitative estimate of drug-likeness (QED) is 0.550. The molecule has 156 valence electrons. The van der Waals surface area contributed by atoms with Gasteiger partial charge in [-0.25, -0.2) is 13.4 Å². The third-order valence-corrected chi connectivity index (χ3v) is 6.71. The molecule has 0 aromatic carbocycles. The standard InChI is InChI=1S/C19H30N4O4S/c1-13(2)12-17(19(24)25)23(4)28(26,27)11-7-5-6-8-15-18-16(9-10-20-15)21-14(3)22-18/h9-10,13,17H,5-8,11-12H2,1-4H3,(H,21,22)(H,24,25)/t17-/m0/s1. The molecule has 0 spiro atoms. The van der Waals surface area contributed by atoms with E-state index in [4.69, 9.17) is 0 Å². The maximum absolute atomic E-state index is 12.5. The Morgan fingerprint density at radius 2 is 2.00 bits per heavy atom. The Hall–Kier alpha value is -2.00. The van der Waals surface area contributed by atoms with Gasteiger partial charge in [0, 0.05) is 13.2 Å². The summed E-state index contributed by atoms with van der Waals surface area (Å²) in [6, 6.07) is 0.867. The van der Waals surface area contributed by atoms with Crippen LogP contribution in [-0.4, -0.2) is 57.6 Å². The Balaban J connectivity index is 1.86. The zero-order valence-electron chi connectivity index (χ0n) is 17.0. The van der Waals surface area contributed by atoms with Crippen molar-refractivity contribution >= 4 is 27.0 Å². The van der Waals surface area contributed by atoms with E-state index in [-0.39, 0.29) is 11.7 Å². The highest BCUT2D eigenvalue weighted by atomic mass is 32.2. The van der Waals surface area contributed by atoms with Crippen LogP contribution in [0.15, 0.2) is 12.3 Å². The van der Waals surface area contributed by atoms with Crippen molar-refractivity contribution in [3.63, 3.8) is 0 Å². The number of hydrogen-bond donors (Lipinski definition) is 2. The summed E-state index contributed by atoms with van der Waals surface area (Å²) < 4.78 is 26.0. The highest BCUT2D eigenvalue weighted by Gasteiger charge is 2.31. The van der Waals surface area contributed by atoms with Crippen LogP contribution >= 0.6 is 0 Å². The second kappa shape index (κ2) is 9.47. The molecule has 2 heterocycles. The molecule has 28 heavy (non-hydrogen) atoms. The number of nitrogens with one attached hydrogen (secondary N) is 1. The van der Waals surface area contributed by atoms with Crippen LogP contribution in [0.1, 0.15) is 51.0 Å². The lowest BCUT2D eigenvalue weighted by Crippen LogP contribution is -2.44. The first-order chi connectivity index (χ1) is 13.1. The number of unbranched alkanes of at least 4 members (excludes halogenated alkanes) is 2. The van der Waals surface area contributed by atoms with Crippen LogP contribution in [0, 0.1) is 12.8 Å². The van der Waals surface area contributed by atoms with Crippen LogP contribution in [0.2, 0.25) is 0 Å². The van der Waals surface area contributed by atoms with Crippen LogP contribution in [0.3, 0.4) is 0 Å². The van der Waals surface area contributed by atoms with Gasteiger partial charge in [-0.15, -0.1) is 0 Å². The Bertz CT molecular complexity index is 908. The highest BCUT2D eigenvalue weighted by molar-refractivity contribution is 7.89. The third-order valence-electron chi connectivity index (χ3n) is 4.77. The van der Waals surface area contributed by atoms with Crippen LogP contribution < -0.4 is 0 Å². The molecule has 2 aromatic rings. The number of carbonyl (C=O) groups is 1. The molecule has 0 fully saturated rings. The van der Waals surface area contributed by atoms with E-state index in [1.807, 2.05) is 26.8 Å². The summed E-state index contributed by atoms with van der Waals surface area (Å²) in [5.74, 6) is -0.217. The van der Waals surface area contributed by atoms with E-state index in [0.717, 1.165) is 46.1 Å². The molecule has 2 rings (SSSR count). The number of likely N-dealkylation sites (N-methyl/N-ethyl adjacent to an activating group) is 1. The number of sulfonamides is 1. The lowest BCUT2D eigenvalue weighted by Gasteiger charge is -2.25. The topological polar surface area (TPSA) is 116 Å². The molecule has 0 aliphatic carbocycles. The van der Waals surface area contributed by atoms with Gasteiger partial charge >= 0.3 is 5.97 Å². The van der Waals surface area contributed by atoms with Crippen molar-refractivity contribution in [2.45, 2.75) is 58.9 Å². The van der Waals surface area contributed by atoms with Gasteiger partial charge in [0.25, 0.3) is 0 Å². The summed E-state index contributed by atoms with van der Waals surface area (Å²) in [7, 11) is -2.24. The number of H-pyrrole nitrogens is 1. The maximum Gasteiger partial charge on any atom is 0.322 e. The molecule has 2 aromatic heterocycles. The molecular formula is C19H30N4O4S. The second-order valence-corrected chi connectivity index (χ2v) is 9.75. The predicted octanol–water partition coefficient (Wildman–Crippen LogP) is 2.74. The molecule has 1 atom stereocenters. The smallest absolute Gasteiger partial charge is 0.322 e. The molecular weight excluding hydrogens is 380 g/mol. The van der Waals surface area contributed by atoms with Crippen LogP contribution in [0.4, 0.5) is 0 Å². The summed E-state index contributed by atoms with van der Waals surface area (Å²) in [6.07, 6.45) is 4.76. The van der Waals surface area contributed by atoms with Crippen molar-refractivity contribution in [2.24, 2.45) is 5.92 Å². The minimum Gasteiger partial charge on any atom is -0.480 e. The van der Waals surface area contributed by atoms with Gasteiger partial charge in [-0.1, -0.05) is 20.3 Å². The number of imidazole rings is 1. The summed E-state index contributed by atoms with van der Waals surface area (Å²) in [6.45, 7) is 5.66. The average Bonchev–Trinajstić information content (AvgIpc) is 2.99. The number of aliphatic carboxylic acids is 1. The monoisotopic (exact) mass is 410 g/mol. The number of rotatable bonds is 11. The van der Waals surface area contributed by atoms with E-state index in [1.54, 1.807) is 6.20 Å². The number of aromatic nitrogens is 3. The predicted molar refractivity (Wildman–Crippen MR) is 109 cm³/mol. The minimum absolute atomic E-state index is 0.0511. The number of carboxylic acids is 1. The molecule has 9 heteroatoms. The lowest BCUT2D eigenvalue weighted by atomic mass is 10.0. The first kappa shape index (κ1) is 22.3. The number of nitrogens with zero attached hydrogens (tertiary/aromatic N) is 3. The van der Waals surface area contributed by atoms with Crippen molar-refractivity contribution in [3.8, 4) is 0 Å². The summed E-state index contributed by atoms with van der Waals surface area (Å²) in [5, 5.41) is 9.36. The van der Waals surface area contributed by atoms with Crippen molar-refractivity contribution in [3.05, 3.63) is 23.8 Å². The van der Waals surface area contributed by atoms with E-state index in [2.05, 4.69) is 15.0 Å². The van der Waals surface area contributed by atoms with Crippen LogP contribution in [0.5, 0.6) is 0 Å². The Morgan fingerprint density at radius 3 is 2.64 bits per heavy atom. The average molecular weight is 411 g/mol. The third kappa shape index (κ3) is 5.75. The zero-order valence-corrected chi connectivity index (χ0v) is 17.8. The highest BCUT2D eigenvalue weighted by Crippen LogP contribution is 2.18. The van der Waals surface area contributed by atoms with E-state index in [0.29, 0.717) is 12.8 Å². The van der Waals surface area contributed by atoms with Crippen LogP contribution in [0.25, 0.3) is 11.0 Å². The van der Waals surface area contributed by atoms with Crippen molar-refractivity contribution in [1.29, 1.82) is 0 Å². The Kier molecular flexibility index (Phi) is 7.54. The van der Waals surface area contributed by atoms with Gasteiger partial charge in [-0.2, -0.15) is 4.31 Å². The summed E-state index contributed by atoms with van der Waals surface area (Å²) in [5.41, 5.74) is 2.73. The molecule has 8 nitrogen and oxygen atoms in total. The Morgan fingerprint density at radius 1 is 1.29 bits per heavy atom. The molecule has 0 saturated heterocycles. The van der Waals surface area contributed by atoms with Gasteiger partial charge < -0.3 is 10.1 Å². The fourth-order valence-corrected chi connectivity index (χ4v) is 4.66. The largest absolute Gasteiger partial charge is 0.480 e. The summed E-state index contributed by atoms with van der Waals surface area (Å²) >= 11 is 0. The molecule has 0 radical (unpaired) electrons. The van der Waals surface area contributed by atoms with Crippen molar-refractivity contribution in [1.82, 2.24) is 19.3 Å². The van der Waals surface area contributed by atoms with E-state index in [1.165, 1.54) is 7.05 Å². The fourth-order valence-electron chi connectivity index (χ4n) is 3.24. The van der Waals surface area contributed by atoms with E-state index < -0.39 is 22.0 Å². The number of hydrogen-bond acceptors (Lipinski definition) is 5. The minimum atomic E-state index is -3.61. The first-order valence-electron chi connectivity index (χ1n) is 9.60. The molecule has 2 N–H and O–H groups in total. The normalized spacial score (nSPS) is 13.5. The number of fused-ring (bicyclic) bond motifs is 1. The lowest BCUT2D eigenvalue weighted by molar-refractivity contribution is -0.141. The van der Waals surface area contributed by atoms with Gasteiger partial charge in [0.2, 0.25) is 10.0 Å². The molecule has 0 aliphatic rings. The number of pyridine rings is 1. The maximum atomic E-state index is 12.5. The SMILES string of the molecule is Cc1nc2c(CCCCCS(=O)(=O)N(C)[C@@H](CC(C)C)C(=O)O)nccc2[nH]1. The molecule has 0 unspecified atom stereocenters. The van der Waals surface area contributed by atoms with E-state index >= 15 is 0 Å². The molecule has 0 aliphatic heterocycles. The van der Waals surface area contributed by atoms with Gasteiger partial charge in [0.15, 0.2) is 0 Å². The molecule has 0 bridgehead atoms. The van der Waals surface area contributed by atoms with Gasteiger partial charge in [-0.05, 0) is 44.6 Å². The molecule has 0 amide bonds. The van der Waals surface area contributed by atoms with Gasteiger partial charge in [0.1, 0.15) is 17.4 Å². The number of aryl methyl sites for hydroxylation is 2. The number of carboxylic acid groups (broad SMARTS) is 1. The van der Waals surface area contributed by atoms with Crippen molar-refractivity contribution < 1.29 is 18.3 Å². The second-order valence-electron chi connectivity index (χ2n) is 7.60. The Labute approximate surface area is 166 Å². The fraction of sp³-hybridized carbons (Fsp3) is 0.632. The zero-order chi connectivity index (χ0) is 20.9. The number of aromatic amines is 1. The summed E-state index contributed by atoms with van der Waals surface area (Å²) in [4.78, 5) is 23.5. The first-order valence-corrected chi connectivity index (χ1v) is 11.2. The van der Waals surface area contributed by atoms with Crippen LogP contribution in [-0.2, 0) is 21.2 Å². The van der Waals surface area contributed by atoms with Gasteiger partial charge in [0.05, 0.1) is 17.0 Å². The molecule has 0 saturated carbocycles. The van der Waals surface area contributed by atoms with Crippen molar-refractivity contribution in [2.75, 3.05) is 12.8 Å². The van der Waals surface area contributed by atoms with Gasteiger partial charge in [-0.3, -0.25) is 9.78 Å².